The van der Waals surface area contributed by atoms with Crippen LogP contribution >= 0.6 is 0 Å². The number of benzene rings is 1. The molecule has 3 rings (SSSR count). The molecule has 1 aliphatic heterocycles. The van der Waals surface area contributed by atoms with Crippen LogP contribution in [0, 0.1) is 5.92 Å². The third-order valence-corrected chi connectivity index (χ3v) is 3.48. The van der Waals surface area contributed by atoms with Crippen molar-refractivity contribution in [3.05, 3.63) is 48.3 Å². The van der Waals surface area contributed by atoms with Gasteiger partial charge in [0.2, 0.25) is 5.91 Å². The van der Waals surface area contributed by atoms with Crippen LogP contribution in [-0.4, -0.2) is 24.6 Å². The minimum Gasteiger partial charge on any atom is -0.497 e. The summed E-state index contributed by atoms with van der Waals surface area (Å²) in [7, 11) is 1.62. The van der Waals surface area contributed by atoms with Gasteiger partial charge in [-0.2, -0.15) is 0 Å². The number of ether oxygens (including phenoxy) is 2. The van der Waals surface area contributed by atoms with E-state index in [4.69, 9.17) is 9.47 Å². The molecule has 0 saturated heterocycles. The molecule has 0 saturated carbocycles. The summed E-state index contributed by atoms with van der Waals surface area (Å²) >= 11 is 0. The molecule has 0 unspecified atom stereocenters. The topological polar surface area (TPSA) is 60.5 Å². The largest absolute Gasteiger partial charge is 0.497 e. The number of hydrogen-bond acceptors (Lipinski definition) is 4. The van der Waals surface area contributed by atoms with Gasteiger partial charge in [0, 0.05) is 12.3 Å². The van der Waals surface area contributed by atoms with Gasteiger partial charge in [0.05, 0.1) is 24.9 Å². The number of carbonyl (C=O) groups is 1. The van der Waals surface area contributed by atoms with Gasteiger partial charge in [-0.15, -0.1) is 0 Å². The van der Waals surface area contributed by atoms with Crippen LogP contribution in [0.4, 0.5) is 5.69 Å². The monoisotopic (exact) mass is 284 g/mol. The molecular weight excluding hydrogens is 268 g/mol. The van der Waals surface area contributed by atoms with E-state index >= 15 is 0 Å². The molecule has 1 aromatic carbocycles. The molecule has 108 valence electrons. The Bertz CT molecular complexity index is 643. The molecular formula is C16H16N2O3. The van der Waals surface area contributed by atoms with Gasteiger partial charge in [0.15, 0.2) is 0 Å². The molecule has 0 fully saturated rings. The van der Waals surface area contributed by atoms with Gasteiger partial charge < -0.3 is 14.8 Å². The first-order valence-corrected chi connectivity index (χ1v) is 6.77. The number of anilines is 1. The Kier molecular flexibility index (Phi) is 3.73. The molecule has 5 nitrogen and oxygen atoms in total. The molecule has 1 aliphatic rings. The number of amides is 1. The molecule has 5 heteroatoms. The first-order valence-electron chi connectivity index (χ1n) is 6.77. The highest BCUT2D eigenvalue weighted by molar-refractivity contribution is 5.92. The minimum atomic E-state index is -0.203. The SMILES string of the molecule is COc1ccc2c(c1)OC[C@H](C(=O)Nc1cccnc1)C2. The second kappa shape index (κ2) is 5.83. The van der Waals surface area contributed by atoms with Crippen LogP contribution in [0.2, 0.25) is 0 Å². The smallest absolute Gasteiger partial charge is 0.231 e. The molecule has 0 bridgehead atoms. The van der Waals surface area contributed by atoms with Gasteiger partial charge >= 0.3 is 0 Å². The van der Waals surface area contributed by atoms with Crippen molar-refractivity contribution in [2.45, 2.75) is 6.42 Å². The summed E-state index contributed by atoms with van der Waals surface area (Å²) in [4.78, 5) is 16.2. The van der Waals surface area contributed by atoms with E-state index < -0.39 is 0 Å². The molecule has 1 aromatic heterocycles. The zero-order valence-corrected chi connectivity index (χ0v) is 11.7. The number of aromatic nitrogens is 1. The lowest BCUT2D eigenvalue weighted by atomic mass is 9.96. The van der Waals surface area contributed by atoms with E-state index in [1.165, 1.54) is 0 Å². The van der Waals surface area contributed by atoms with Crippen molar-refractivity contribution in [2.24, 2.45) is 5.92 Å². The highest BCUT2D eigenvalue weighted by Gasteiger charge is 2.26. The zero-order chi connectivity index (χ0) is 14.7. The van der Waals surface area contributed by atoms with Crippen LogP contribution in [0.1, 0.15) is 5.56 Å². The average Bonchev–Trinajstić information content (AvgIpc) is 2.54. The number of pyridine rings is 1. The number of rotatable bonds is 3. The highest BCUT2D eigenvalue weighted by Crippen LogP contribution is 2.31. The first-order chi connectivity index (χ1) is 10.3. The molecule has 2 aromatic rings. The maximum absolute atomic E-state index is 12.3. The van der Waals surface area contributed by atoms with E-state index in [2.05, 4.69) is 10.3 Å². The van der Waals surface area contributed by atoms with E-state index in [1.54, 1.807) is 25.6 Å². The summed E-state index contributed by atoms with van der Waals surface area (Å²) in [5.74, 6) is 1.29. The molecule has 0 spiro atoms. The molecule has 1 amide bonds. The first kappa shape index (κ1) is 13.4. The summed E-state index contributed by atoms with van der Waals surface area (Å²) in [6.07, 6.45) is 3.95. The van der Waals surface area contributed by atoms with Crippen molar-refractivity contribution in [3.63, 3.8) is 0 Å². The Hall–Kier alpha value is -2.56. The van der Waals surface area contributed by atoms with Crippen molar-refractivity contribution in [2.75, 3.05) is 19.0 Å². The van der Waals surface area contributed by atoms with Gasteiger partial charge in [-0.05, 0) is 30.2 Å². The van der Waals surface area contributed by atoms with Gasteiger partial charge in [0.25, 0.3) is 0 Å². The Labute approximate surface area is 122 Å². The number of nitrogens with one attached hydrogen (secondary N) is 1. The summed E-state index contributed by atoms with van der Waals surface area (Å²) < 4.78 is 10.8. The Balaban J connectivity index is 1.69. The van der Waals surface area contributed by atoms with Crippen molar-refractivity contribution < 1.29 is 14.3 Å². The van der Waals surface area contributed by atoms with Crippen molar-refractivity contribution in [1.82, 2.24) is 4.98 Å². The number of carbonyl (C=O) groups excluding carboxylic acids is 1. The second-order valence-corrected chi connectivity index (χ2v) is 4.92. The average molecular weight is 284 g/mol. The number of nitrogens with zero attached hydrogens (tertiary/aromatic N) is 1. The quantitative estimate of drug-likeness (QED) is 0.939. The van der Waals surface area contributed by atoms with Crippen LogP contribution in [0.5, 0.6) is 11.5 Å². The highest BCUT2D eigenvalue weighted by atomic mass is 16.5. The van der Waals surface area contributed by atoms with Crippen LogP contribution in [0.15, 0.2) is 42.7 Å². The van der Waals surface area contributed by atoms with E-state index in [-0.39, 0.29) is 11.8 Å². The fourth-order valence-corrected chi connectivity index (χ4v) is 2.33. The second-order valence-electron chi connectivity index (χ2n) is 4.92. The van der Waals surface area contributed by atoms with Crippen LogP contribution < -0.4 is 14.8 Å². The molecule has 1 atom stereocenters. The number of methoxy groups -OCH3 is 1. The standard InChI is InChI=1S/C16H16N2O3/c1-20-14-5-4-11-7-12(10-21-15(11)8-14)16(19)18-13-3-2-6-17-9-13/h2-6,8-9,12H,7,10H2,1H3,(H,18,19)/t12-/m1/s1. The van der Waals surface area contributed by atoms with E-state index in [0.29, 0.717) is 18.7 Å². The normalized spacial score (nSPS) is 16.5. The molecule has 0 radical (unpaired) electrons. The van der Waals surface area contributed by atoms with Crippen LogP contribution in [-0.2, 0) is 11.2 Å². The van der Waals surface area contributed by atoms with E-state index in [9.17, 15) is 4.79 Å². The van der Waals surface area contributed by atoms with Gasteiger partial charge in [-0.1, -0.05) is 6.07 Å². The third-order valence-electron chi connectivity index (χ3n) is 3.48. The summed E-state index contributed by atoms with van der Waals surface area (Å²) in [6.45, 7) is 0.367. The zero-order valence-electron chi connectivity index (χ0n) is 11.7. The predicted octanol–water partition coefficient (Wildman–Crippen LogP) is 2.28. The summed E-state index contributed by atoms with van der Waals surface area (Å²) in [5, 5.41) is 2.86. The van der Waals surface area contributed by atoms with Crippen LogP contribution in [0.3, 0.4) is 0 Å². The summed E-state index contributed by atoms with van der Waals surface area (Å²) in [5.41, 5.74) is 1.72. The fourth-order valence-electron chi connectivity index (χ4n) is 2.33. The van der Waals surface area contributed by atoms with Gasteiger partial charge in [-0.25, -0.2) is 0 Å². The van der Waals surface area contributed by atoms with E-state index in [1.807, 2.05) is 24.3 Å². The number of hydrogen-bond donors (Lipinski definition) is 1. The lowest BCUT2D eigenvalue weighted by Crippen LogP contribution is -2.32. The van der Waals surface area contributed by atoms with Gasteiger partial charge in [0.1, 0.15) is 18.1 Å². The predicted molar refractivity (Wildman–Crippen MR) is 78.5 cm³/mol. The Morgan fingerprint density at radius 1 is 1.43 bits per heavy atom. The molecule has 2 heterocycles. The van der Waals surface area contributed by atoms with Crippen LogP contribution in [0.25, 0.3) is 0 Å². The van der Waals surface area contributed by atoms with Gasteiger partial charge in [-0.3, -0.25) is 9.78 Å². The minimum absolute atomic E-state index is 0.0514. The summed E-state index contributed by atoms with van der Waals surface area (Å²) in [6, 6.07) is 9.27. The maximum atomic E-state index is 12.3. The van der Waals surface area contributed by atoms with E-state index in [0.717, 1.165) is 17.1 Å². The van der Waals surface area contributed by atoms with Crippen molar-refractivity contribution in [1.29, 1.82) is 0 Å². The lowest BCUT2D eigenvalue weighted by Gasteiger charge is -2.24. The van der Waals surface area contributed by atoms with Crippen molar-refractivity contribution in [3.8, 4) is 11.5 Å². The maximum Gasteiger partial charge on any atom is 0.231 e. The molecule has 0 aliphatic carbocycles. The Morgan fingerprint density at radius 3 is 3.10 bits per heavy atom. The molecule has 21 heavy (non-hydrogen) atoms. The van der Waals surface area contributed by atoms with Crippen molar-refractivity contribution >= 4 is 11.6 Å². The molecule has 1 N–H and O–H groups in total. The Morgan fingerprint density at radius 2 is 2.33 bits per heavy atom. The lowest BCUT2D eigenvalue weighted by molar-refractivity contribution is -0.121. The fraction of sp³-hybridized carbons (Fsp3) is 0.250. The third kappa shape index (κ3) is 2.97. The number of fused-ring (bicyclic) bond motifs is 1.